The third-order valence-electron chi connectivity index (χ3n) is 6.53. The van der Waals surface area contributed by atoms with Crippen LogP contribution in [0.2, 0.25) is 0 Å². The van der Waals surface area contributed by atoms with E-state index in [2.05, 4.69) is 17.3 Å². The Kier molecular flexibility index (Phi) is 3.65. The predicted octanol–water partition coefficient (Wildman–Crippen LogP) is 2.94. The summed E-state index contributed by atoms with van der Waals surface area (Å²) in [5.74, 6) is 2.92. The highest BCUT2D eigenvalue weighted by molar-refractivity contribution is 7.80. The summed E-state index contributed by atoms with van der Waals surface area (Å²) in [5.41, 5.74) is 0.370. The van der Waals surface area contributed by atoms with Gasteiger partial charge in [0, 0.05) is 25.7 Å². The number of nitrogens with zero attached hydrogens (tertiary/aromatic N) is 1. The molecule has 1 unspecified atom stereocenters. The van der Waals surface area contributed by atoms with E-state index < -0.39 is 0 Å². The van der Waals surface area contributed by atoms with E-state index in [1.165, 1.54) is 51.4 Å². The normalized spacial score (nSPS) is 44.0. The van der Waals surface area contributed by atoms with Gasteiger partial charge < -0.3 is 15.0 Å². The van der Waals surface area contributed by atoms with Crippen molar-refractivity contribution in [3.8, 4) is 0 Å². The summed E-state index contributed by atoms with van der Waals surface area (Å²) < 4.78 is 5.69. The molecule has 5 fully saturated rings. The van der Waals surface area contributed by atoms with Crippen LogP contribution in [0.4, 0.5) is 0 Å². The van der Waals surface area contributed by atoms with Crippen LogP contribution in [0, 0.1) is 17.8 Å². The molecule has 0 aromatic rings. The summed E-state index contributed by atoms with van der Waals surface area (Å²) in [4.78, 5) is 2.43. The van der Waals surface area contributed by atoms with E-state index >= 15 is 0 Å². The molecule has 3 nitrogen and oxygen atoms in total. The lowest BCUT2D eigenvalue weighted by Crippen LogP contribution is -2.62. The lowest BCUT2D eigenvalue weighted by atomic mass is 9.52. The Morgan fingerprint density at radius 1 is 1.19 bits per heavy atom. The number of ether oxygens (including phenoxy) is 1. The van der Waals surface area contributed by atoms with Crippen LogP contribution in [0.3, 0.4) is 0 Å². The molecule has 1 aliphatic heterocycles. The number of rotatable bonds is 3. The summed E-state index contributed by atoms with van der Waals surface area (Å²) >= 11 is 5.71. The molecular formula is C17H28N2OS. The van der Waals surface area contributed by atoms with Crippen molar-refractivity contribution in [1.29, 1.82) is 0 Å². The first-order valence-electron chi connectivity index (χ1n) is 8.78. The molecule has 1 atom stereocenters. The fourth-order valence-corrected chi connectivity index (χ4v) is 6.09. The number of hydrogen-bond acceptors (Lipinski definition) is 2. The zero-order valence-electron chi connectivity index (χ0n) is 13.1. The average Bonchev–Trinajstić information content (AvgIpc) is 2.95. The molecule has 0 amide bonds. The van der Waals surface area contributed by atoms with Crippen LogP contribution in [-0.4, -0.2) is 41.9 Å². The van der Waals surface area contributed by atoms with Gasteiger partial charge in [-0.15, -0.1) is 0 Å². The van der Waals surface area contributed by atoms with E-state index in [1.54, 1.807) is 0 Å². The van der Waals surface area contributed by atoms with E-state index in [0.29, 0.717) is 11.6 Å². The van der Waals surface area contributed by atoms with Crippen molar-refractivity contribution in [3.63, 3.8) is 0 Å². The van der Waals surface area contributed by atoms with Crippen LogP contribution < -0.4 is 5.32 Å². The van der Waals surface area contributed by atoms with Crippen LogP contribution in [-0.2, 0) is 4.74 Å². The lowest BCUT2D eigenvalue weighted by molar-refractivity contribution is -0.0549. The average molecular weight is 308 g/mol. The minimum atomic E-state index is 0.368. The molecule has 118 valence electrons. The SMILES string of the molecule is CN(C(=S)NCC1CCCO1)C12CC3CC(CC(C3)C1)C2. The van der Waals surface area contributed by atoms with Crippen molar-refractivity contribution in [2.75, 3.05) is 20.2 Å². The van der Waals surface area contributed by atoms with E-state index in [1.807, 2.05) is 0 Å². The van der Waals surface area contributed by atoms with E-state index in [-0.39, 0.29) is 0 Å². The minimum Gasteiger partial charge on any atom is -0.376 e. The maximum absolute atomic E-state index is 5.71. The van der Waals surface area contributed by atoms with E-state index in [4.69, 9.17) is 17.0 Å². The van der Waals surface area contributed by atoms with E-state index in [0.717, 1.165) is 36.0 Å². The first-order chi connectivity index (χ1) is 10.1. The second kappa shape index (κ2) is 5.38. The molecule has 5 aliphatic rings. The molecule has 21 heavy (non-hydrogen) atoms. The molecule has 1 N–H and O–H groups in total. The summed E-state index contributed by atoms with van der Waals surface area (Å²) in [6.07, 6.45) is 11.3. The summed E-state index contributed by atoms with van der Waals surface area (Å²) in [6.45, 7) is 1.81. The predicted molar refractivity (Wildman–Crippen MR) is 88.2 cm³/mol. The molecule has 1 heterocycles. The highest BCUT2D eigenvalue weighted by Crippen LogP contribution is 2.57. The summed E-state index contributed by atoms with van der Waals surface area (Å²) in [5, 5.41) is 4.43. The Hall–Kier alpha value is -0.350. The van der Waals surface area contributed by atoms with Crippen molar-refractivity contribution >= 4 is 17.3 Å². The van der Waals surface area contributed by atoms with Crippen LogP contribution in [0.1, 0.15) is 51.4 Å². The number of thiocarbonyl (C=S) groups is 1. The van der Waals surface area contributed by atoms with Crippen LogP contribution in [0.15, 0.2) is 0 Å². The molecule has 1 saturated heterocycles. The fourth-order valence-electron chi connectivity index (χ4n) is 5.82. The van der Waals surface area contributed by atoms with Crippen molar-refractivity contribution in [2.45, 2.75) is 63.0 Å². The molecule has 0 aromatic heterocycles. The largest absolute Gasteiger partial charge is 0.376 e. The summed E-state index contributed by atoms with van der Waals surface area (Å²) in [6, 6.07) is 0. The van der Waals surface area contributed by atoms with Crippen LogP contribution in [0.25, 0.3) is 0 Å². The zero-order chi connectivity index (χ0) is 14.4. The minimum absolute atomic E-state index is 0.368. The monoisotopic (exact) mass is 308 g/mol. The van der Waals surface area contributed by atoms with Gasteiger partial charge >= 0.3 is 0 Å². The van der Waals surface area contributed by atoms with Gasteiger partial charge in [-0.25, -0.2) is 0 Å². The van der Waals surface area contributed by atoms with Gasteiger partial charge in [-0.3, -0.25) is 0 Å². The Bertz CT molecular complexity index is 384. The first kappa shape index (κ1) is 14.3. The van der Waals surface area contributed by atoms with Crippen molar-refractivity contribution in [3.05, 3.63) is 0 Å². The van der Waals surface area contributed by atoms with Crippen LogP contribution in [0.5, 0.6) is 0 Å². The van der Waals surface area contributed by atoms with Gasteiger partial charge in [0.25, 0.3) is 0 Å². The highest BCUT2D eigenvalue weighted by Gasteiger charge is 2.53. The second-order valence-corrected chi connectivity index (χ2v) is 8.41. The van der Waals surface area contributed by atoms with Gasteiger partial charge in [-0.05, 0) is 81.3 Å². The van der Waals surface area contributed by atoms with Crippen molar-refractivity contribution in [1.82, 2.24) is 10.2 Å². The first-order valence-corrected chi connectivity index (χ1v) is 9.19. The van der Waals surface area contributed by atoms with Crippen molar-refractivity contribution in [2.24, 2.45) is 17.8 Å². The summed E-state index contributed by atoms with van der Waals surface area (Å²) in [7, 11) is 2.23. The van der Waals surface area contributed by atoms with Gasteiger partial charge in [-0.2, -0.15) is 0 Å². The van der Waals surface area contributed by atoms with Gasteiger partial charge in [0.2, 0.25) is 0 Å². The van der Waals surface area contributed by atoms with Gasteiger partial charge in [-0.1, -0.05) is 0 Å². The number of hydrogen-bond donors (Lipinski definition) is 1. The highest BCUT2D eigenvalue weighted by atomic mass is 32.1. The van der Waals surface area contributed by atoms with Gasteiger partial charge in [0.1, 0.15) is 0 Å². The van der Waals surface area contributed by atoms with Gasteiger partial charge in [0.05, 0.1) is 6.10 Å². The Morgan fingerprint density at radius 3 is 2.33 bits per heavy atom. The topological polar surface area (TPSA) is 24.5 Å². The lowest BCUT2D eigenvalue weighted by Gasteiger charge is -2.60. The Balaban J connectivity index is 1.39. The van der Waals surface area contributed by atoms with Crippen molar-refractivity contribution < 1.29 is 4.74 Å². The Morgan fingerprint density at radius 2 is 1.81 bits per heavy atom. The molecule has 5 rings (SSSR count). The fraction of sp³-hybridized carbons (Fsp3) is 0.941. The quantitative estimate of drug-likeness (QED) is 0.810. The molecule has 0 radical (unpaired) electrons. The maximum Gasteiger partial charge on any atom is 0.169 e. The molecule has 4 bridgehead atoms. The molecule has 0 spiro atoms. The zero-order valence-corrected chi connectivity index (χ0v) is 14.0. The molecular weight excluding hydrogens is 280 g/mol. The molecule has 0 aromatic carbocycles. The van der Waals surface area contributed by atoms with Crippen LogP contribution >= 0.6 is 12.2 Å². The maximum atomic E-state index is 5.71. The number of nitrogens with one attached hydrogen (secondary N) is 1. The third kappa shape index (κ3) is 2.59. The standard InChI is InChI=1S/C17H28N2OS/c1-19(16(21)18-11-15-3-2-4-20-15)17-8-12-5-13(9-17)7-14(6-12)10-17/h12-15H,2-11H2,1H3,(H,18,21). The van der Waals surface area contributed by atoms with E-state index in [9.17, 15) is 0 Å². The van der Waals surface area contributed by atoms with Gasteiger partial charge in [0.15, 0.2) is 5.11 Å². The molecule has 4 heteroatoms. The smallest absolute Gasteiger partial charge is 0.169 e. The second-order valence-electron chi connectivity index (χ2n) is 8.02. The molecule has 4 aliphatic carbocycles. The molecule has 4 saturated carbocycles. The Labute approximate surface area is 133 Å². The third-order valence-corrected chi connectivity index (χ3v) is 6.95.